The van der Waals surface area contributed by atoms with Crippen LogP contribution in [-0.2, 0) is 11.1 Å². The zero-order chi connectivity index (χ0) is 7.72. The maximum Gasteiger partial charge on any atom is 1.00 e. The summed E-state index contributed by atoms with van der Waals surface area (Å²) >= 11 is -2.35. The summed E-state index contributed by atoms with van der Waals surface area (Å²) < 4.78 is 25.1. The van der Waals surface area contributed by atoms with Crippen molar-refractivity contribution < 1.29 is 42.8 Å². The van der Waals surface area contributed by atoms with E-state index in [9.17, 15) is 8.76 Å². The molecule has 11 heavy (non-hydrogen) atoms. The third-order valence-electron chi connectivity index (χ3n) is 1.000. The molecule has 0 fully saturated rings. The van der Waals surface area contributed by atoms with Gasteiger partial charge in [-0.1, -0.05) is 5.16 Å². The van der Waals surface area contributed by atoms with Crippen molar-refractivity contribution in [2.75, 3.05) is 5.73 Å². The van der Waals surface area contributed by atoms with E-state index in [0.29, 0.717) is 0 Å². The molecule has 0 aromatic carbocycles. The van der Waals surface area contributed by atoms with Crippen LogP contribution in [-0.4, -0.2) is 13.9 Å². The number of aromatic nitrogens is 1. The molecular formula is C4H5N2NaO3S. The molecule has 0 bridgehead atoms. The molecule has 7 heteroatoms. The number of hydrogen-bond acceptors (Lipinski definition) is 5. The van der Waals surface area contributed by atoms with Gasteiger partial charge >= 0.3 is 29.6 Å². The first-order valence-electron chi connectivity index (χ1n) is 2.44. The van der Waals surface area contributed by atoms with Gasteiger partial charge in [0.2, 0.25) is 0 Å². The van der Waals surface area contributed by atoms with Gasteiger partial charge in [-0.15, -0.1) is 0 Å². The van der Waals surface area contributed by atoms with Crippen LogP contribution in [0.4, 0.5) is 5.82 Å². The SMILES string of the molecule is Cc1onc(N)c1S(=O)[O-].[Na+]. The topological polar surface area (TPSA) is 92.2 Å². The van der Waals surface area contributed by atoms with E-state index in [4.69, 9.17) is 5.73 Å². The number of hydrogen-bond donors (Lipinski definition) is 1. The van der Waals surface area contributed by atoms with Crippen molar-refractivity contribution in [3.8, 4) is 0 Å². The summed E-state index contributed by atoms with van der Waals surface area (Å²) in [7, 11) is 0. The molecule has 1 heterocycles. The zero-order valence-corrected chi connectivity index (χ0v) is 8.97. The van der Waals surface area contributed by atoms with Crippen LogP contribution in [0.5, 0.6) is 0 Å². The van der Waals surface area contributed by atoms with Crippen molar-refractivity contribution in [3.63, 3.8) is 0 Å². The van der Waals surface area contributed by atoms with Crippen molar-refractivity contribution in [3.05, 3.63) is 5.76 Å². The van der Waals surface area contributed by atoms with Gasteiger partial charge in [0.05, 0.1) is 0 Å². The van der Waals surface area contributed by atoms with Crippen LogP contribution in [0, 0.1) is 6.92 Å². The van der Waals surface area contributed by atoms with Gasteiger partial charge in [0.15, 0.2) is 11.6 Å². The second-order valence-electron chi connectivity index (χ2n) is 1.69. The molecule has 1 unspecified atom stereocenters. The van der Waals surface area contributed by atoms with Crippen LogP contribution in [0.2, 0.25) is 0 Å². The molecule has 56 valence electrons. The molecule has 5 nitrogen and oxygen atoms in total. The number of anilines is 1. The van der Waals surface area contributed by atoms with Crippen molar-refractivity contribution >= 4 is 16.9 Å². The Morgan fingerprint density at radius 2 is 2.27 bits per heavy atom. The van der Waals surface area contributed by atoms with Crippen molar-refractivity contribution in [2.24, 2.45) is 0 Å². The number of nitrogens with zero attached hydrogens (tertiary/aromatic N) is 1. The van der Waals surface area contributed by atoms with E-state index in [2.05, 4.69) is 9.68 Å². The second-order valence-corrected chi connectivity index (χ2v) is 2.57. The Morgan fingerprint density at radius 1 is 1.73 bits per heavy atom. The normalized spacial score (nSPS) is 12.2. The van der Waals surface area contributed by atoms with E-state index < -0.39 is 11.1 Å². The molecule has 0 saturated heterocycles. The first-order chi connectivity index (χ1) is 4.63. The molecule has 1 aromatic heterocycles. The van der Waals surface area contributed by atoms with Gasteiger partial charge in [-0.25, -0.2) is 0 Å². The maximum atomic E-state index is 10.3. The second kappa shape index (κ2) is 4.22. The molecule has 0 spiro atoms. The summed E-state index contributed by atoms with van der Waals surface area (Å²) in [6.07, 6.45) is 0. The molecule has 0 radical (unpaired) electrons. The van der Waals surface area contributed by atoms with Crippen molar-refractivity contribution in [1.82, 2.24) is 5.16 Å². The van der Waals surface area contributed by atoms with Gasteiger partial charge in [-0.2, -0.15) is 0 Å². The monoisotopic (exact) mass is 184 g/mol. The third kappa shape index (κ3) is 2.28. The Morgan fingerprint density at radius 3 is 2.45 bits per heavy atom. The molecule has 2 N–H and O–H groups in total. The number of aryl methyl sites for hydroxylation is 1. The third-order valence-corrected chi connectivity index (χ3v) is 1.83. The Hall–Kier alpha value is 0.120. The Balaban J connectivity index is 0.000001000. The van der Waals surface area contributed by atoms with Crippen LogP contribution in [0.15, 0.2) is 9.42 Å². The standard InChI is InChI=1S/C4H6N2O3S.Na/c1-2-3(10(7)8)4(5)6-9-2;/h1H3,(H2,5,6)(H,7,8);/q;+1/p-1. The Labute approximate surface area is 87.9 Å². The maximum absolute atomic E-state index is 10.3. The smallest absolute Gasteiger partial charge is 0.768 e. The van der Waals surface area contributed by atoms with E-state index in [1.807, 2.05) is 0 Å². The molecule has 0 aliphatic rings. The zero-order valence-electron chi connectivity index (χ0n) is 6.16. The van der Waals surface area contributed by atoms with E-state index in [0.717, 1.165) is 0 Å². The van der Waals surface area contributed by atoms with Gasteiger partial charge in [0, 0.05) is 0 Å². The van der Waals surface area contributed by atoms with Gasteiger partial charge in [0.1, 0.15) is 4.90 Å². The van der Waals surface area contributed by atoms with E-state index in [1.54, 1.807) is 0 Å². The summed E-state index contributed by atoms with van der Waals surface area (Å²) in [4.78, 5) is -0.0556. The molecule has 0 aliphatic heterocycles. The van der Waals surface area contributed by atoms with Gasteiger partial charge in [0.25, 0.3) is 0 Å². The van der Waals surface area contributed by atoms with Gasteiger partial charge in [-0.05, 0) is 18.0 Å². The van der Waals surface area contributed by atoms with Gasteiger partial charge < -0.3 is 14.8 Å². The molecule has 1 rings (SSSR count). The summed E-state index contributed by atoms with van der Waals surface area (Å²) in [5.41, 5.74) is 5.14. The molecule has 0 aliphatic carbocycles. The summed E-state index contributed by atoms with van der Waals surface area (Å²) in [5, 5.41) is 3.25. The fraction of sp³-hybridized carbons (Fsp3) is 0.250. The number of rotatable bonds is 1. The Kier molecular flexibility index (Phi) is 4.27. The minimum Gasteiger partial charge on any atom is -0.768 e. The summed E-state index contributed by atoms with van der Waals surface area (Å²) in [5.74, 6) is 0.122. The number of nitrogen functional groups attached to an aromatic ring is 1. The molecule has 1 atom stereocenters. The van der Waals surface area contributed by atoms with E-state index >= 15 is 0 Å². The average Bonchev–Trinajstić information content (AvgIpc) is 2.11. The Bertz CT molecular complexity index is 255. The van der Waals surface area contributed by atoms with Crippen LogP contribution in [0.1, 0.15) is 5.76 Å². The van der Waals surface area contributed by atoms with Crippen LogP contribution in [0.3, 0.4) is 0 Å². The largest absolute Gasteiger partial charge is 1.00 e. The molecule has 0 saturated carbocycles. The molecule has 1 aromatic rings. The summed E-state index contributed by atoms with van der Waals surface area (Å²) in [6.45, 7) is 1.48. The number of nitrogens with two attached hydrogens (primary N) is 1. The van der Waals surface area contributed by atoms with E-state index in [-0.39, 0.29) is 46.0 Å². The minimum atomic E-state index is -2.35. The molecular weight excluding hydrogens is 179 g/mol. The van der Waals surface area contributed by atoms with Crippen molar-refractivity contribution in [2.45, 2.75) is 11.8 Å². The predicted octanol–water partition coefficient (Wildman–Crippen LogP) is -3.19. The van der Waals surface area contributed by atoms with E-state index in [1.165, 1.54) is 6.92 Å². The fourth-order valence-electron chi connectivity index (χ4n) is 0.584. The summed E-state index contributed by atoms with van der Waals surface area (Å²) in [6, 6.07) is 0. The first-order valence-corrected chi connectivity index (χ1v) is 3.51. The van der Waals surface area contributed by atoms with Crippen LogP contribution >= 0.6 is 0 Å². The average molecular weight is 184 g/mol. The van der Waals surface area contributed by atoms with Crippen LogP contribution < -0.4 is 35.3 Å². The van der Waals surface area contributed by atoms with Crippen molar-refractivity contribution in [1.29, 1.82) is 0 Å². The minimum absolute atomic E-state index is 0. The quantitative estimate of drug-likeness (QED) is 0.366. The predicted molar refractivity (Wildman–Crippen MR) is 32.8 cm³/mol. The molecule has 0 amide bonds. The van der Waals surface area contributed by atoms with Gasteiger partial charge in [-0.3, -0.25) is 4.21 Å². The van der Waals surface area contributed by atoms with Crippen LogP contribution in [0.25, 0.3) is 0 Å². The first kappa shape index (κ1) is 11.1. The fourth-order valence-corrected chi connectivity index (χ4v) is 1.06.